The molecule has 1 rings (SSSR count). The molecule has 2 N–H and O–H groups in total. The summed E-state index contributed by atoms with van der Waals surface area (Å²) in [5.41, 5.74) is 5.45. The molecule has 0 aromatic rings. The number of rotatable bonds is 1. The monoisotopic (exact) mass is 152 g/mol. The maximum Gasteiger partial charge on any atom is 0.107 e. The van der Waals surface area contributed by atoms with Gasteiger partial charge in [0.25, 0.3) is 0 Å². The lowest BCUT2D eigenvalue weighted by molar-refractivity contribution is 0.238. The molecule has 0 bridgehead atoms. The molecule has 2 nitrogen and oxygen atoms in total. The van der Waals surface area contributed by atoms with Gasteiger partial charge in [-0.05, 0) is 18.8 Å². The second-order valence-corrected chi connectivity index (χ2v) is 3.50. The molecule has 0 aliphatic heterocycles. The van der Waals surface area contributed by atoms with Crippen molar-refractivity contribution in [2.24, 2.45) is 11.7 Å². The Morgan fingerprint density at radius 2 is 2.36 bits per heavy atom. The second-order valence-electron chi connectivity index (χ2n) is 3.50. The molecule has 0 aromatic heterocycles. The Balaban J connectivity index is 2.67. The molecule has 1 aliphatic carbocycles. The Morgan fingerprint density at radius 1 is 1.64 bits per heavy atom. The normalized spacial score (nSPS) is 38.1. The summed E-state index contributed by atoms with van der Waals surface area (Å²) in [5.74, 6) is 0.432. The van der Waals surface area contributed by atoms with E-state index in [1.165, 1.54) is 6.42 Å². The van der Waals surface area contributed by atoms with Crippen LogP contribution in [0.5, 0.6) is 0 Å². The minimum atomic E-state index is -0.507. The third-order valence-corrected chi connectivity index (χ3v) is 2.82. The first-order valence-corrected chi connectivity index (χ1v) is 4.43. The van der Waals surface area contributed by atoms with Crippen LogP contribution in [0.1, 0.15) is 39.0 Å². The van der Waals surface area contributed by atoms with Crippen molar-refractivity contribution in [3.05, 3.63) is 0 Å². The van der Waals surface area contributed by atoms with Crippen LogP contribution in [0, 0.1) is 17.2 Å². The van der Waals surface area contributed by atoms with E-state index in [1.54, 1.807) is 0 Å². The van der Waals surface area contributed by atoms with Gasteiger partial charge in [0.05, 0.1) is 6.07 Å². The highest BCUT2D eigenvalue weighted by atomic mass is 14.8. The molecule has 62 valence electrons. The van der Waals surface area contributed by atoms with Gasteiger partial charge in [-0.15, -0.1) is 0 Å². The van der Waals surface area contributed by atoms with Gasteiger partial charge in [0.1, 0.15) is 5.54 Å². The first kappa shape index (κ1) is 8.55. The fraction of sp³-hybridized carbons (Fsp3) is 0.889. The largest absolute Gasteiger partial charge is 0.313 e. The summed E-state index contributed by atoms with van der Waals surface area (Å²) in [6, 6.07) is 2.26. The van der Waals surface area contributed by atoms with Crippen molar-refractivity contribution in [2.75, 3.05) is 0 Å². The Kier molecular flexibility index (Phi) is 2.51. The Hall–Kier alpha value is -0.550. The SMILES string of the molecule is CC[C@H]1CCCC[C@]1(N)C#N. The molecule has 2 atom stereocenters. The third-order valence-electron chi connectivity index (χ3n) is 2.82. The van der Waals surface area contributed by atoms with Gasteiger partial charge in [-0.25, -0.2) is 0 Å². The maximum atomic E-state index is 8.88. The quantitative estimate of drug-likeness (QED) is 0.623. The van der Waals surface area contributed by atoms with Gasteiger partial charge in [0, 0.05) is 0 Å². The second kappa shape index (κ2) is 3.23. The zero-order chi connectivity index (χ0) is 8.32. The summed E-state index contributed by atoms with van der Waals surface area (Å²) in [4.78, 5) is 0. The van der Waals surface area contributed by atoms with Crippen LogP contribution in [0.2, 0.25) is 0 Å². The van der Waals surface area contributed by atoms with Crippen molar-refractivity contribution < 1.29 is 0 Å². The van der Waals surface area contributed by atoms with E-state index in [-0.39, 0.29) is 0 Å². The molecule has 0 radical (unpaired) electrons. The number of nitriles is 1. The van der Waals surface area contributed by atoms with Crippen LogP contribution in [-0.4, -0.2) is 5.54 Å². The Bertz CT molecular complexity index is 171. The number of nitrogens with two attached hydrogens (primary N) is 1. The standard InChI is InChI=1S/C9H16N2/c1-2-8-5-3-4-6-9(8,11)7-10/h8H,2-6,11H2,1H3/t8-,9-/m0/s1. The molecule has 11 heavy (non-hydrogen) atoms. The highest BCUT2D eigenvalue weighted by Crippen LogP contribution is 2.33. The van der Waals surface area contributed by atoms with Crippen molar-refractivity contribution in [3.63, 3.8) is 0 Å². The van der Waals surface area contributed by atoms with Gasteiger partial charge in [-0.1, -0.05) is 26.2 Å². The maximum absolute atomic E-state index is 8.88. The van der Waals surface area contributed by atoms with Gasteiger partial charge in [0.2, 0.25) is 0 Å². The molecular formula is C9H16N2. The molecule has 0 amide bonds. The summed E-state index contributed by atoms with van der Waals surface area (Å²) in [6.45, 7) is 2.12. The van der Waals surface area contributed by atoms with Crippen LogP contribution in [0.25, 0.3) is 0 Å². The van der Waals surface area contributed by atoms with Crippen molar-refractivity contribution in [3.8, 4) is 6.07 Å². The van der Waals surface area contributed by atoms with E-state index in [2.05, 4.69) is 13.0 Å². The molecule has 1 saturated carbocycles. The highest BCUT2D eigenvalue weighted by molar-refractivity contribution is 5.09. The van der Waals surface area contributed by atoms with E-state index in [4.69, 9.17) is 11.0 Å². The zero-order valence-corrected chi connectivity index (χ0v) is 7.14. The molecule has 0 saturated heterocycles. The fourth-order valence-corrected chi connectivity index (χ4v) is 1.99. The van der Waals surface area contributed by atoms with Crippen molar-refractivity contribution >= 4 is 0 Å². The molecule has 0 unspecified atom stereocenters. The van der Waals surface area contributed by atoms with E-state index >= 15 is 0 Å². The third kappa shape index (κ3) is 1.54. The Morgan fingerprint density at radius 3 is 2.82 bits per heavy atom. The number of nitrogens with zero attached hydrogens (tertiary/aromatic N) is 1. The lowest BCUT2D eigenvalue weighted by Gasteiger charge is -2.34. The summed E-state index contributed by atoms with van der Waals surface area (Å²) in [7, 11) is 0. The number of hydrogen-bond acceptors (Lipinski definition) is 2. The van der Waals surface area contributed by atoms with E-state index in [0.29, 0.717) is 5.92 Å². The van der Waals surface area contributed by atoms with Crippen LogP contribution in [0.15, 0.2) is 0 Å². The predicted octanol–water partition coefficient (Wildman–Crippen LogP) is 1.81. The first-order valence-electron chi connectivity index (χ1n) is 4.43. The van der Waals surface area contributed by atoms with E-state index < -0.39 is 5.54 Å². The van der Waals surface area contributed by atoms with Crippen LogP contribution in [0.4, 0.5) is 0 Å². The van der Waals surface area contributed by atoms with Crippen molar-refractivity contribution in [2.45, 2.75) is 44.6 Å². The topological polar surface area (TPSA) is 49.8 Å². The molecule has 1 aliphatic rings. The van der Waals surface area contributed by atoms with E-state index in [0.717, 1.165) is 25.7 Å². The number of hydrogen-bond donors (Lipinski definition) is 1. The molecular weight excluding hydrogens is 136 g/mol. The summed E-state index contributed by atoms with van der Waals surface area (Å²) in [5, 5.41) is 8.88. The smallest absolute Gasteiger partial charge is 0.107 e. The average molecular weight is 152 g/mol. The lowest BCUT2D eigenvalue weighted by atomic mass is 9.73. The summed E-state index contributed by atoms with van der Waals surface area (Å²) >= 11 is 0. The molecule has 0 heterocycles. The molecule has 0 spiro atoms. The zero-order valence-electron chi connectivity index (χ0n) is 7.14. The minimum absolute atomic E-state index is 0.432. The molecule has 0 aromatic carbocycles. The van der Waals surface area contributed by atoms with E-state index in [1.807, 2.05) is 0 Å². The minimum Gasteiger partial charge on any atom is -0.313 e. The van der Waals surface area contributed by atoms with E-state index in [9.17, 15) is 0 Å². The lowest BCUT2D eigenvalue weighted by Crippen LogP contribution is -2.47. The van der Waals surface area contributed by atoms with Crippen LogP contribution >= 0.6 is 0 Å². The first-order chi connectivity index (χ1) is 5.23. The van der Waals surface area contributed by atoms with Gasteiger partial charge in [-0.2, -0.15) is 5.26 Å². The Labute approximate surface area is 68.4 Å². The van der Waals surface area contributed by atoms with Crippen LogP contribution < -0.4 is 5.73 Å². The predicted molar refractivity (Wildman–Crippen MR) is 44.8 cm³/mol. The fourth-order valence-electron chi connectivity index (χ4n) is 1.99. The summed E-state index contributed by atoms with van der Waals surface area (Å²) in [6.07, 6.45) is 5.45. The van der Waals surface area contributed by atoms with Crippen molar-refractivity contribution in [1.29, 1.82) is 5.26 Å². The van der Waals surface area contributed by atoms with Crippen LogP contribution in [0.3, 0.4) is 0 Å². The van der Waals surface area contributed by atoms with Crippen LogP contribution in [-0.2, 0) is 0 Å². The van der Waals surface area contributed by atoms with Gasteiger partial charge < -0.3 is 5.73 Å². The van der Waals surface area contributed by atoms with Gasteiger partial charge >= 0.3 is 0 Å². The molecule has 1 fully saturated rings. The average Bonchev–Trinajstić information content (AvgIpc) is 2.05. The van der Waals surface area contributed by atoms with Gasteiger partial charge in [0.15, 0.2) is 0 Å². The summed E-state index contributed by atoms with van der Waals surface area (Å²) < 4.78 is 0. The molecule has 2 heteroatoms. The van der Waals surface area contributed by atoms with Crippen molar-refractivity contribution in [1.82, 2.24) is 0 Å². The highest BCUT2D eigenvalue weighted by Gasteiger charge is 2.35. The van der Waals surface area contributed by atoms with Gasteiger partial charge in [-0.3, -0.25) is 0 Å².